The highest BCUT2D eigenvalue weighted by molar-refractivity contribution is 5.77. The molecular formula is C27H36O5. The molecule has 0 fully saturated rings. The summed E-state index contributed by atoms with van der Waals surface area (Å²) in [6, 6.07) is 16.5. The minimum atomic E-state index is -0.415. The Morgan fingerprint density at radius 2 is 1.44 bits per heavy atom. The van der Waals surface area contributed by atoms with E-state index < -0.39 is 11.9 Å². The van der Waals surface area contributed by atoms with Gasteiger partial charge in [-0.1, -0.05) is 68.8 Å². The monoisotopic (exact) mass is 440 g/mol. The van der Waals surface area contributed by atoms with Crippen molar-refractivity contribution in [3.63, 3.8) is 0 Å². The summed E-state index contributed by atoms with van der Waals surface area (Å²) in [7, 11) is 1.30. The molecule has 0 bridgehead atoms. The van der Waals surface area contributed by atoms with Crippen molar-refractivity contribution in [3.05, 3.63) is 59.7 Å². The van der Waals surface area contributed by atoms with Gasteiger partial charge in [-0.05, 0) is 47.4 Å². The van der Waals surface area contributed by atoms with Gasteiger partial charge in [0, 0.05) is 6.61 Å². The molecule has 2 rings (SSSR count). The Bertz CT molecular complexity index is 811. The maximum Gasteiger partial charge on any atom is 0.306 e. The first kappa shape index (κ1) is 25.6. The molecule has 0 spiro atoms. The van der Waals surface area contributed by atoms with Gasteiger partial charge in [0.1, 0.15) is 6.61 Å². The number of carbonyl (C=O) groups is 2. The zero-order valence-corrected chi connectivity index (χ0v) is 19.6. The standard InChI is InChI=1S/C27H36O5/c1-4-21(2)6-5-18-31-19-17-22-7-11-24(12-8-22)25-13-9-23(10-14-25)20-32-27(29)16-15-26(28)30-3/h7-14,21H,4-6,15-20H2,1-3H3. The molecule has 0 aromatic heterocycles. The van der Waals surface area contributed by atoms with Crippen LogP contribution in [0.1, 0.15) is 57.1 Å². The fourth-order valence-corrected chi connectivity index (χ4v) is 3.23. The maximum absolute atomic E-state index is 11.7. The second-order valence-corrected chi connectivity index (χ2v) is 8.15. The van der Waals surface area contributed by atoms with Gasteiger partial charge in [-0.15, -0.1) is 0 Å². The van der Waals surface area contributed by atoms with Gasteiger partial charge in [-0.25, -0.2) is 0 Å². The third kappa shape index (κ3) is 9.65. The third-order valence-corrected chi connectivity index (χ3v) is 5.62. The molecule has 1 unspecified atom stereocenters. The minimum absolute atomic E-state index is 0.0280. The lowest BCUT2D eigenvalue weighted by atomic mass is 10.0. The number of rotatable bonds is 14. The molecule has 5 heteroatoms. The largest absolute Gasteiger partial charge is 0.469 e. The zero-order valence-electron chi connectivity index (χ0n) is 19.6. The van der Waals surface area contributed by atoms with Crippen molar-refractivity contribution in [1.29, 1.82) is 0 Å². The second kappa shape index (κ2) is 14.4. The summed E-state index contributed by atoms with van der Waals surface area (Å²) < 4.78 is 15.5. The minimum Gasteiger partial charge on any atom is -0.469 e. The van der Waals surface area contributed by atoms with E-state index in [4.69, 9.17) is 9.47 Å². The Balaban J connectivity index is 1.72. The van der Waals surface area contributed by atoms with Crippen LogP contribution in [0.15, 0.2) is 48.5 Å². The average Bonchev–Trinajstić information content (AvgIpc) is 2.83. The highest BCUT2D eigenvalue weighted by Crippen LogP contribution is 2.21. The first-order chi connectivity index (χ1) is 15.5. The van der Waals surface area contributed by atoms with Gasteiger partial charge in [0.25, 0.3) is 0 Å². The molecule has 32 heavy (non-hydrogen) atoms. The van der Waals surface area contributed by atoms with E-state index >= 15 is 0 Å². The number of methoxy groups -OCH3 is 1. The van der Waals surface area contributed by atoms with Crippen LogP contribution in [-0.2, 0) is 36.8 Å². The molecule has 0 radical (unpaired) electrons. The highest BCUT2D eigenvalue weighted by Gasteiger charge is 2.08. The zero-order chi connectivity index (χ0) is 23.2. The van der Waals surface area contributed by atoms with E-state index in [1.807, 2.05) is 24.3 Å². The Morgan fingerprint density at radius 3 is 2.03 bits per heavy atom. The summed E-state index contributed by atoms with van der Waals surface area (Å²) in [5.41, 5.74) is 4.43. The number of ether oxygens (including phenoxy) is 3. The normalized spacial score (nSPS) is 11.7. The van der Waals surface area contributed by atoms with Crippen molar-refractivity contribution in [3.8, 4) is 11.1 Å². The van der Waals surface area contributed by atoms with Crippen molar-refractivity contribution in [2.45, 2.75) is 59.0 Å². The number of benzene rings is 2. The van der Waals surface area contributed by atoms with E-state index in [0.29, 0.717) is 0 Å². The molecule has 0 aliphatic heterocycles. The Kier molecular flexibility index (Phi) is 11.5. The number of hydrogen-bond donors (Lipinski definition) is 0. The molecule has 0 saturated heterocycles. The van der Waals surface area contributed by atoms with E-state index in [0.717, 1.165) is 48.7 Å². The van der Waals surface area contributed by atoms with Crippen LogP contribution >= 0.6 is 0 Å². The predicted molar refractivity (Wildman–Crippen MR) is 126 cm³/mol. The SMILES string of the molecule is CCC(C)CCCOCCc1ccc(-c2ccc(COC(=O)CCC(=O)OC)cc2)cc1. The van der Waals surface area contributed by atoms with Crippen molar-refractivity contribution < 1.29 is 23.8 Å². The van der Waals surface area contributed by atoms with Crippen LogP contribution in [-0.4, -0.2) is 32.3 Å². The Hall–Kier alpha value is -2.66. The summed E-state index contributed by atoms with van der Waals surface area (Å²) >= 11 is 0. The van der Waals surface area contributed by atoms with Gasteiger partial charge in [-0.2, -0.15) is 0 Å². The van der Waals surface area contributed by atoms with E-state index in [1.165, 1.54) is 25.5 Å². The average molecular weight is 441 g/mol. The first-order valence-corrected chi connectivity index (χ1v) is 11.5. The van der Waals surface area contributed by atoms with E-state index in [-0.39, 0.29) is 19.4 Å². The lowest BCUT2D eigenvalue weighted by Gasteiger charge is -2.09. The summed E-state index contributed by atoms with van der Waals surface area (Å²) in [6.45, 7) is 6.32. The number of esters is 2. The summed E-state index contributed by atoms with van der Waals surface area (Å²) in [5, 5.41) is 0. The van der Waals surface area contributed by atoms with Crippen molar-refractivity contribution in [2.24, 2.45) is 5.92 Å². The van der Waals surface area contributed by atoms with E-state index in [2.05, 4.69) is 42.8 Å². The Labute approximate surface area is 192 Å². The molecule has 2 aromatic rings. The lowest BCUT2D eigenvalue weighted by molar-refractivity contribution is -0.149. The van der Waals surface area contributed by atoms with Crippen LogP contribution in [0.3, 0.4) is 0 Å². The first-order valence-electron chi connectivity index (χ1n) is 11.5. The molecular weight excluding hydrogens is 404 g/mol. The number of hydrogen-bond acceptors (Lipinski definition) is 5. The van der Waals surface area contributed by atoms with Crippen LogP contribution in [0, 0.1) is 5.92 Å². The van der Waals surface area contributed by atoms with Crippen LogP contribution in [0.4, 0.5) is 0 Å². The van der Waals surface area contributed by atoms with Gasteiger partial charge >= 0.3 is 11.9 Å². The third-order valence-electron chi connectivity index (χ3n) is 5.62. The van der Waals surface area contributed by atoms with Crippen LogP contribution in [0.25, 0.3) is 11.1 Å². The van der Waals surface area contributed by atoms with E-state index in [1.54, 1.807) is 0 Å². The molecule has 0 heterocycles. The molecule has 5 nitrogen and oxygen atoms in total. The molecule has 0 amide bonds. The van der Waals surface area contributed by atoms with Gasteiger partial charge in [0.2, 0.25) is 0 Å². The Morgan fingerprint density at radius 1 is 0.844 bits per heavy atom. The summed E-state index contributed by atoms with van der Waals surface area (Å²) in [4.78, 5) is 22.8. The summed E-state index contributed by atoms with van der Waals surface area (Å²) in [6.07, 6.45) is 4.60. The fraction of sp³-hybridized carbons (Fsp3) is 0.481. The van der Waals surface area contributed by atoms with Gasteiger partial charge in [0.15, 0.2) is 0 Å². The second-order valence-electron chi connectivity index (χ2n) is 8.15. The van der Waals surface area contributed by atoms with Crippen LogP contribution < -0.4 is 0 Å². The summed E-state index contributed by atoms with van der Waals surface area (Å²) in [5.74, 6) is -0.0373. The quantitative estimate of drug-likeness (QED) is 0.277. The molecule has 1 atom stereocenters. The smallest absolute Gasteiger partial charge is 0.306 e. The predicted octanol–water partition coefficient (Wildman–Crippen LogP) is 5.74. The van der Waals surface area contributed by atoms with Crippen molar-refractivity contribution in [1.82, 2.24) is 0 Å². The highest BCUT2D eigenvalue weighted by atomic mass is 16.5. The molecule has 0 saturated carbocycles. The topological polar surface area (TPSA) is 61.8 Å². The fourth-order valence-electron chi connectivity index (χ4n) is 3.23. The molecule has 0 N–H and O–H groups in total. The van der Waals surface area contributed by atoms with Crippen LogP contribution in [0.5, 0.6) is 0 Å². The van der Waals surface area contributed by atoms with Crippen molar-refractivity contribution >= 4 is 11.9 Å². The number of carbonyl (C=O) groups excluding carboxylic acids is 2. The van der Waals surface area contributed by atoms with Gasteiger partial charge in [0.05, 0.1) is 26.6 Å². The van der Waals surface area contributed by atoms with Crippen LogP contribution in [0.2, 0.25) is 0 Å². The van der Waals surface area contributed by atoms with Gasteiger partial charge < -0.3 is 14.2 Å². The molecule has 174 valence electrons. The molecule has 2 aromatic carbocycles. The van der Waals surface area contributed by atoms with E-state index in [9.17, 15) is 9.59 Å². The van der Waals surface area contributed by atoms with Crippen molar-refractivity contribution in [2.75, 3.05) is 20.3 Å². The van der Waals surface area contributed by atoms with Gasteiger partial charge in [-0.3, -0.25) is 9.59 Å². The molecule has 0 aliphatic rings. The molecule has 0 aliphatic carbocycles. The maximum atomic E-state index is 11.7. The lowest BCUT2D eigenvalue weighted by Crippen LogP contribution is -2.08.